The minimum atomic E-state index is -2.50. The van der Waals surface area contributed by atoms with Gasteiger partial charge in [-0.3, -0.25) is 4.79 Å². The molecule has 1 amide bonds. The lowest BCUT2D eigenvalue weighted by molar-refractivity contribution is -0.111. The quantitative estimate of drug-likeness (QED) is 0.844. The van der Waals surface area contributed by atoms with Crippen molar-refractivity contribution in [1.29, 1.82) is 0 Å². The molecule has 3 nitrogen and oxygen atoms in total. The van der Waals surface area contributed by atoms with E-state index in [-0.39, 0.29) is 24.7 Å². The molecule has 0 saturated heterocycles. The minimum Gasteiger partial charge on any atom is -0.347 e. The lowest BCUT2D eigenvalue weighted by atomic mass is 10.1. The molecule has 1 aliphatic carbocycles. The molecule has 5 heteroatoms. The number of nitrogens with one attached hydrogen (secondary N) is 1. The van der Waals surface area contributed by atoms with Crippen LogP contribution < -0.4 is 5.32 Å². The molecule has 2 aromatic rings. The highest BCUT2D eigenvalue weighted by Gasteiger charge is 2.39. The Kier molecular flexibility index (Phi) is 3.72. The molecule has 0 spiro atoms. The molecule has 0 bridgehead atoms. The number of aromatic nitrogens is 1. The summed E-state index contributed by atoms with van der Waals surface area (Å²) in [5, 5.41) is 3.69. The first-order chi connectivity index (χ1) is 10.5. The number of anilines is 1. The van der Waals surface area contributed by atoms with Crippen molar-refractivity contribution in [3.8, 4) is 0 Å². The van der Waals surface area contributed by atoms with Crippen LogP contribution in [0.4, 0.5) is 14.5 Å². The smallest absolute Gasteiger partial charge is 0.248 e. The van der Waals surface area contributed by atoms with Gasteiger partial charge in [0, 0.05) is 42.2 Å². The predicted octanol–water partition coefficient (Wildman–Crippen LogP) is 4.20. The van der Waals surface area contributed by atoms with E-state index in [9.17, 15) is 13.6 Å². The summed E-state index contributed by atoms with van der Waals surface area (Å²) in [6, 6.07) is 7.52. The Morgan fingerprint density at radius 3 is 2.95 bits per heavy atom. The van der Waals surface area contributed by atoms with Gasteiger partial charge in [-0.1, -0.05) is 6.58 Å². The zero-order valence-corrected chi connectivity index (χ0v) is 12.2. The van der Waals surface area contributed by atoms with Crippen molar-refractivity contribution in [3.63, 3.8) is 0 Å². The Bertz CT molecular complexity index is 721. The van der Waals surface area contributed by atoms with E-state index in [0.29, 0.717) is 18.7 Å². The number of fused-ring (bicyclic) bond motifs is 1. The summed E-state index contributed by atoms with van der Waals surface area (Å²) in [6.07, 6.45) is 3.67. The monoisotopic (exact) mass is 304 g/mol. The molecule has 1 N–H and O–H groups in total. The maximum absolute atomic E-state index is 13.3. The summed E-state index contributed by atoms with van der Waals surface area (Å²) in [5.41, 5.74) is 1.69. The first-order valence-corrected chi connectivity index (χ1v) is 7.37. The summed E-state index contributed by atoms with van der Waals surface area (Å²) >= 11 is 0. The second-order valence-electron chi connectivity index (χ2n) is 5.90. The van der Waals surface area contributed by atoms with E-state index in [2.05, 4.69) is 11.9 Å². The van der Waals surface area contributed by atoms with Gasteiger partial charge in [-0.05, 0) is 42.7 Å². The molecule has 1 aromatic heterocycles. The van der Waals surface area contributed by atoms with Crippen LogP contribution in [-0.2, 0) is 11.3 Å². The van der Waals surface area contributed by atoms with Crippen molar-refractivity contribution in [2.24, 2.45) is 5.92 Å². The van der Waals surface area contributed by atoms with E-state index in [0.717, 1.165) is 10.9 Å². The number of rotatable bonds is 4. The van der Waals surface area contributed by atoms with Gasteiger partial charge in [0.2, 0.25) is 11.8 Å². The lowest BCUT2D eigenvalue weighted by Crippen LogP contribution is -2.12. The normalized spacial score (nSPS) is 20.2. The Balaban J connectivity index is 1.78. The van der Waals surface area contributed by atoms with Crippen molar-refractivity contribution < 1.29 is 13.6 Å². The van der Waals surface area contributed by atoms with E-state index in [1.807, 2.05) is 35.0 Å². The predicted molar refractivity (Wildman–Crippen MR) is 83.1 cm³/mol. The van der Waals surface area contributed by atoms with Crippen LogP contribution in [0.2, 0.25) is 0 Å². The van der Waals surface area contributed by atoms with Crippen molar-refractivity contribution in [3.05, 3.63) is 43.1 Å². The number of benzene rings is 1. The summed E-state index contributed by atoms with van der Waals surface area (Å²) in [5.74, 6) is -2.74. The van der Waals surface area contributed by atoms with Crippen LogP contribution in [0.1, 0.15) is 19.3 Å². The van der Waals surface area contributed by atoms with Crippen molar-refractivity contribution in [2.45, 2.75) is 31.7 Å². The zero-order chi connectivity index (χ0) is 15.7. The molecule has 3 rings (SSSR count). The highest BCUT2D eigenvalue weighted by Crippen LogP contribution is 2.39. The van der Waals surface area contributed by atoms with Gasteiger partial charge in [-0.15, -0.1) is 0 Å². The maximum atomic E-state index is 13.3. The topological polar surface area (TPSA) is 34.0 Å². The van der Waals surface area contributed by atoms with Crippen LogP contribution in [0.3, 0.4) is 0 Å². The molecule has 1 saturated carbocycles. The van der Waals surface area contributed by atoms with Crippen LogP contribution in [0.5, 0.6) is 0 Å². The van der Waals surface area contributed by atoms with Gasteiger partial charge >= 0.3 is 0 Å². The van der Waals surface area contributed by atoms with E-state index in [4.69, 9.17) is 0 Å². The fourth-order valence-electron chi connectivity index (χ4n) is 3.11. The highest BCUT2D eigenvalue weighted by atomic mass is 19.3. The van der Waals surface area contributed by atoms with Crippen molar-refractivity contribution in [1.82, 2.24) is 4.57 Å². The summed E-state index contributed by atoms with van der Waals surface area (Å²) < 4.78 is 28.6. The average molecular weight is 304 g/mol. The number of halogens is 2. The average Bonchev–Trinajstić information content (AvgIpc) is 3.02. The van der Waals surface area contributed by atoms with Crippen molar-refractivity contribution >= 4 is 22.5 Å². The lowest BCUT2D eigenvalue weighted by Gasteiger charge is -2.13. The minimum absolute atomic E-state index is 0.00536. The summed E-state index contributed by atoms with van der Waals surface area (Å²) in [6.45, 7) is 4.02. The SMILES string of the molecule is C=CC(=O)Nc1ccc2c(ccn2CC2CCC(F)(F)C2)c1. The molecule has 1 unspecified atom stereocenters. The van der Waals surface area contributed by atoms with E-state index in [1.54, 1.807) is 0 Å². The van der Waals surface area contributed by atoms with Crippen LogP contribution in [0.25, 0.3) is 10.9 Å². The van der Waals surface area contributed by atoms with Crippen LogP contribution in [0.15, 0.2) is 43.1 Å². The molecular formula is C17H18F2N2O. The molecule has 1 fully saturated rings. The number of nitrogens with zero attached hydrogens (tertiary/aromatic N) is 1. The Morgan fingerprint density at radius 2 is 2.27 bits per heavy atom. The fraction of sp³-hybridized carbons (Fsp3) is 0.353. The third kappa shape index (κ3) is 3.03. The van der Waals surface area contributed by atoms with Crippen LogP contribution in [-0.4, -0.2) is 16.4 Å². The first kappa shape index (κ1) is 14.8. The second-order valence-corrected chi connectivity index (χ2v) is 5.90. The molecule has 0 aliphatic heterocycles. The molecule has 116 valence electrons. The summed E-state index contributed by atoms with van der Waals surface area (Å²) in [4.78, 5) is 11.3. The molecule has 1 atom stereocenters. The summed E-state index contributed by atoms with van der Waals surface area (Å²) in [7, 11) is 0. The zero-order valence-electron chi connectivity index (χ0n) is 12.2. The number of carbonyl (C=O) groups is 1. The van der Waals surface area contributed by atoms with Gasteiger partial charge < -0.3 is 9.88 Å². The number of hydrogen-bond acceptors (Lipinski definition) is 1. The Morgan fingerprint density at radius 1 is 1.45 bits per heavy atom. The van der Waals surface area contributed by atoms with E-state index in [1.165, 1.54) is 6.08 Å². The highest BCUT2D eigenvalue weighted by molar-refractivity contribution is 6.00. The fourth-order valence-corrected chi connectivity index (χ4v) is 3.11. The molecule has 22 heavy (non-hydrogen) atoms. The van der Waals surface area contributed by atoms with E-state index >= 15 is 0 Å². The first-order valence-electron chi connectivity index (χ1n) is 7.37. The maximum Gasteiger partial charge on any atom is 0.248 e. The number of alkyl halides is 2. The van der Waals surface area contributed by atoms with Crippen molar-refractivity contribution in [2.75, 3.05) is 5.32 Å². The third-order valence-electron chi connectivity index (χ3n) is 4.18. The van der Waals surface area contributed by atoms with Gasteiger partial charge in [0.1, 0.15) is 0 Å². The van der Waals surface area contributed by atoms with Gasteiger partial charge in [0.15, 0.2) is 0 Å². The molecular weight excluding hydrogens is 286 g/mol. The van der Waals surface area contributed by atoms with Gasteiger partial charge in [-0.2, -0.15) is 0 Å². The molecule has 1 aromatic carbocycles. The largest absolute Gasteiger partial charge is 0.347 e. The number of hydrogen-bond donors (Lipinski definition) is 1. The second kappa shape index (κ2) is 5.55. The van der Waals surface area contributed by atoms with E-state index < -0.39 is 5.92 Å². The molecule has 1 aliphatic rings. The van der Waals surface area contributed by atoms with Gasteiger partial charge in [0.05, 0.1) is 0 Å². The number of amides is 1. The number of carbonyl (C=O) groups excluding carboxylic acids is 1. The molecule has 1 heterocycles. The van der Waals surface area contributed by atoms with Crippen LogP contribution in [0, 0.1) is 5.92 Å². The Hall–Kier alpha value is -2.17. The third-order valence-corrected chi connectivity index (χ3v) is 4.18. The molecule has 0 radical (unpaired) electrons. The standard InChI is InChI=1S/C17H18F2N2O/c1-2-16(22)20-14-3-4-15-13(9-14)6-8-21(15)11-12-5-7-17(18,19)10-12/h2-4,6,8-9,12H,1,5,7,10-11H2,(H,20,22). The van der Waals surface area contributed by atoms with Crippen LogP contribution >= 0.6 is 0 Å². The van der Waals surface area contributed by atoms with Gasteiger partial charge in [0.25, 0.3) is 0 Å². The van der Waals surface area contributed by atoms with Gasteiger partial charge in [-0.25, -0.2) is 8.78 Å². The Labute approximate surface area is 127 Å².